The summed E-state index contributed by atoms with van der Waals surface area (Å²) in [4.78, 5) is 14.6. The predicted octanol–water partition coefficient (Wildman–Crippen LogP) is 3.05. The van der Waals surface area contributed by atoms with Gasteiger partial charge < -0.3 is 19.7 Å². The molecule has 5 heteroatoms. The SMILES string of the molecule is CC(C)c1ccc(CN2CCC[C@](O)(CNCc3ccco3)C2=O)cc1. The third-order valence-corrected chi connectivity index (χ3v) is 5.02. The molecule has 0 spiro atoms. The van der Waals surface area contributed by atoms with Crippen molar-refractivity contribution in [3.63, 3.8) is 0 Å². The highest BCUT2D eigenvalue weighted by Gasteiger charge is 2.41. The molecule has 1 fully saturated rings. The Balaban J connectivity index is 1.59. The minimum absolute atomic E-state index is 0.191. The van der Waals surface area contributed by atoms with E-state index in [-0.39, 0.29) is 12.5 Å². The lowest BCUT2D eigenvalue weighted by Gasteiger charge is -2.38. The highest BCUT2D eigenvalue weighted by atomic mass is 16.3. The van der Waals surface area contributed by atoms with Gasteiger partial charge in [0.25, 0.3) is 5.91 Å². The number of likely N-dealkylation sites (tertiary alicyclic amines) is 1. The van der Waals surface area contributed by atoms with Crippen LogP contribution in [0.3, 0.4) is 0 Å². The van der Waals surface area contributed by atoms with Crippen LogP contribution in [-0.2, 0) is 17.9 Å². The van der Waals surface area contributed by atoms with Crippen molar-refractivity contribution in [1.82, 2.24) is 10.2 Å². The second-order valence-electron chi connectivity index (χ2n) is 7.44. The molecule has 1 aliphatic rings. The minimum Gasteiger partial charge on any atom is -0.468 e. The monoisotopic (exact) mass is 356 g/mol. The first-order valence-electron chi connectivity index (χ1n) is 9.32. The predicted molar refractivity (Wildman–Crippen MR) is 101 cm³/mol. The molecule has 0 aliphatic carbocycles. The molecule has 26 heavy (non-hydrogen) atoms. The maximum Gasteiger partial charge on any atom is 0.256 e. The van der Waals surface area contributed by atoms with Crippen molar-refractivity contribution in [1.29, 1.82) is 0 Å². The van der Waals surface area contributed by atoms with Crippen molar-refractivity contribution in [3.8, 4) is 0 Å². The lowest BCUT2D eigenvalue weighted by molar-refractivity contribution is -0.157. The molecule has 0 bridgehead atoms. The van der Waals surface area contributed by atoms with Gasteiger partial charge in [0.2, 0.25) is 0 Å². The molecule has 0 saturated carbocycles. The van der Waals surface area contributed by atoms with E-state index in [0.29, 0.717) is 32.0 Å². The third-order valence-electron chi connectivity index (χ3n) is 5.02. The number of aliphatic hydroxyl groups is 1. The molecule has 140 valence electrons. The van der Waals surface area contributed by atoms with Crippen molar-refractivity contribution in [2.45, 2.75) is 51.3 Å². The summed E-state index contributed by atoms with van der Waals surface area (Å²) in [5, 5.41) is 14.0. The Bertz CT molecular complexity index is 709. The lowest BCUT2D eigenvalue weighted by atomic mass is 9.91. The van der Waals surface area contributed by atoms with Crippen LogP contribution in [0.1, 0.15) is 49.5 Å². The Morgan fingerprint density at radius 3 is 2.69 bits per heavy atom. The Kier molecular flexibility index (Phi) is 5.79. The van der Waals surface area contributed by atoms with Gasteiger partial charge in [0.1, 0.15) is 5.76 Å². The van der Waals surface area contributed by atoms with Gasteiger partial charge in [-0.05, 0) is 42.0 Å². The molecular weight excluding hydrogens is 328 g/mol. The standard InChI is InChI=1S/C21H28N2O3/c1-16(2)18-8-6-17(7-9-18)14-23-11-4-10-21(25,20(23)24)15-22-13-19-5-3-12-26-19/h3,5-9,12,16,22,25H,4,10-11,13-15H2,1-2H3/t21-/m0/s1. The summed E-state index contributed by atoms with van der Waals surface area (Å²) < 4.78 is 5.27. The molecule has 3 rings (SSSR count). The van der Waals surface area contributed by atoms with E-state index in [1.165, 1.54) is 5.56 Å². The molecule has 1 aromatic carbocycles. The number of amides is 1. The summed E-state index contributed by atoms with van der Waals surface area (Å²) >= 11 is 0. The molecular formula is C21H28N2O3. The molecule has 0 radical (unpaired) electrons. The Morgan fingerprint density at radius 2 is 2.04 bits per heavy atom. The normalized spacial score (nSPS) is 20.8. The van der Waals surface area contributed by atoms with E-state index in [0.717, 1.165) is 17.7 Å². The number of furan rings is 1. The number of carbonyl (C=O) groups excluding carboxylic acids is 1. The Labute approximate surface area is 155 Å². The highest BCUT2D eigenvalue weighted by Crippen LogP contribution is 2.24. The van der Waals surface area contributed by atoms with Gasteiger partial charge in [-0.2, -0.15) is 0 Å². The number of hydrogen-bond donors (Lipinski definition) is 2. The fourth-order valence-corrected chi connectivity index (χ4v) is 3.41. The molecule has 1 aromatic heterocycles. The molecule has 2 heterocycles. The molecule has 0 unspecified atom stereocenters. The molecule has 1 amide bonds. The van der Waals surface area contributed by atoms with E-state index in [1.54, 1.807) is 11.2 Å². The average Bonchev–Trinajstić information content (AvgIpc) is 3.13. The summed E-state index contributed by atoms with van der Waals surface area (Å²) in [6.45, 7) is 6.29. The smallest absolute Gasteiger partial charge is 0.256 e. The molecule has 2 aromatic rings. The number of piperidine rings is 1. The van der Waals surface area contributed by atoms with Crippen LogP contribution >= 0.6 is 0 Å². The van der Waals surface area contributed by atoms with Crippen molar-refractivity contribution in [2.24, 2.45) is 0 Å². The number of nitrogens with one attached hydrogen (secondary N) is 1. The lowest BCUT2D eigenvalue weighted by Crippen LogP contribution is -2.57. The number of benzene rings is 1. The van der Waals surface area contributed by atoms with Crippen LogP contribution in [0.15, 0.2) is 47.1 Å². The highest BCUT2D eigenvalue weighted by molar-refractivity contribution is 5.86. The van der Waals surface area contributed by atoms with Gasteiger partial charge in [-0.15, -0.1) is 0 Å². The van der Waals surface area contributed by atoms with E-state index < -0.39 is 5.60 Å². The van der Waals surface area contributed by atoms with Gasteiger partial charge in [-0.3, -0.25) is 4.79 Å². The third kappa shape index (κ3) is 4.34. The van der Waals surface area contributed by atoms with Crippen LogP contribution in [-0.4, -0.2) is 34.6 Å². The second kappa shape index (κ2) is 8.06. The Hall–Kier alpha value is -2.11. The first-order chi connectivity index (χ1) is 12.5. The number of nitrogens with zero attached hydrogens (tertiary/aromatic N) is 1. The van der Waals surface area contributed by atoms with Gasteiger partial charge in [0.05, 0.1) is 12.8 Å². The maximum absolute atomic E-state index is 12.8. The van der Waals surface area contributed by atoms with E-state index in [2.05, 4.69) is 43.4 Å². The zero-order valence-corrected chi connectivity index (χ0v) is 15.6. The van der Waals surface area contributed by atoms with Crippen molar-refractivity contribution >= 4 is 5.91 Å². The zero-order chi connectivity index (χ0) is 18.6. The molecule has 2 N–H and O–H groups in total. The average molecular weight is 356 g/mol. The second-order valence-corrected chi connectivity index (χ2v) is 7.44. The van der Waals surface area contributed by atoms with E-state index in [9.17, 15) is 9.90 Å². The van der Waals surface area contributed by atoms with Crippen LogP contribution in [0.5, 0.6) is 0 Å². The Morgan fingerprint density at radius 1 is 1.27 bits per heavy atom. The summed E-state index contributed by atoms with van der Waals surface area (Å²) in [7, 11) is 0. The van der Waals surface area contributed by atoms with Crippen LogP contribution in [0.2, 0.25) is 0 Å². The van der Waals surface area contributed by atoms with Gasteiger partial charge >= 0.3 is 0 Å². The van der Waals surface area contributed by atoms with E-state index in [1.807, 2.05) is 12.1 Å². The van der Waals surface area contributed by atoms with E-state index >= 15 is 0 Å². The topological polar surface area (TPSA) is 65.7 Å². The summed E-state index contributed by atoms with van der Waals surface area (Å²) in [6, 6.07) is 12.1. The van der Waals surface area contributed by atoms with Crippen LogP contribution < -0.4 is 5.32 Å². The van der Waals surface area contributed by atoms with Crippen molar-refractivity contribution < 1.29 is 14.3 Å². The summed E-state index contributed by atoms with van der Waals surface area (Å²) in [5.74, 6) is 1.09. The molecule has 5 nitrogen and oxygen atoms in total. The van der Waals surface area contributed by atoms with Crippen molar-refractivity contribution in [2.75, 3.05) is 13.1 Å². The number of rotatable bonds is 7. The van der Waals surface area contributed by atoms with Gasteiger partial charge in [-0.25, -0.2) is 0 Å². The van der Waals surface area contributed by atoms with Crippen LogP contribution in [0, 0.1) is 0 Å². The van der Waals surface area contributed by atoms with Gasteiger partial charge in [-0.1, -0.05) is 38.1 Å². The van der Waals surface area contributed by atoms with Gasteiger partial charge in [0.15, 0.2) is 5.60 Å². The molecule has 1 saturated heterocycles. The summed E-state index contributed by atoms with van der Waals surface area (Å²) in [6.07, 6.45) is 2.90. The largest absolute Gasteiger partial charge is 0.468 e. The zero-order valence-electron chi connectivity index (χ0n) is 15.6. The first-order valence-corrected chi connectivity index (χ1v) is 9.32. The van der Waals surface area contributed by atoms with Crippen molar-refractivity contribution in [3.05, 3.63) is 59.5 Å². The summed E-state index contributed by atoms with van der Waals surface area (Å²) in [5.41, 5.74) is 1.04. The van der Waals surface area contributed by atoms with E-state index in [4.69, 9.17) is 4.42 Å². The molecule has 1 atom stereocenters. The fraction of sp³-hybridized carbons (Fsp3) is 0.476. The number of carbonyl (C=O) groups is 1. The van der Waals surface area contributed by atoms with Gasteiger partial charge in [0, 0.05) is 19.6 Å². The van der Waals surface area contributed by atoms with Crippen LogP contribution in [0.25, 0.3) is 0 Å². The minimum atomic E-state index is -1.34. The first kappa shape index (κ1) is 18.7. The molecule has 1 aliphatic heterocycles. The maximum atomic E-state index is 12.8. The fourth-order valence-electron chi connectivity index (χ4n) is 3.41. The number of hydrogen-bond acceptors (Lipinski definition) is 4. The van der Waals surface area contributed by atoms with Crippen LogP contribution in [0.4, 0.5) is 0 Å². The quantitative estimate of drug-likeness (QED) is 0.800.